The molecule has 1 atom stereocenters. The SMILES string of the molecule is CCn1c(C)c(C(=O)C(C)N(Cc2ccco2)C(=O)c2ccccc2)c(C)c1C(=O)OC. The number of amides is 1. The highest BCUT2D eigenvalue weighted by Gasteiger charge is 2.33. The highest BCUT2D eigenvalue weighted by atomic mass is 16.5. The number of hydrogen-bond donors (Lipinski definition) is 0. The Hall–Kier alpha value is -3.61. The lowest BCUT2D eigenvalue weighted by molar-refractivity contribution is 0.0585. The Morgan fingerprint density at radius 3 is 2.34 bits per heavy atom. The lowest BCUT2D eigenvalue weighted by Gasteiger charge is -2.28. The molecule has 0 radical (unpaired) electrons. The molecular weight excluding hydrogens is 408 g/mol. The summed E-state index contributed by atoms with van der Waals surface area (Å²) >= 11 is 0. The summed E-state index contributed by atoms with van der Waals surface area (Å²) in [6, 6.07) is 11.5. The van der Waals surface area contributed by atoms with E-state index in [2.05, 4.69) is 0 Å². The third kappa shape index (κ3) is 4.23. The highest BCUT2D eigenvalue weighted by molar-refractivity contribution is 6.07. The number of hydrogen-bond acceptors (Lipinski definition) is 5. The third-order valence-electron chi connectivity index (χ3n) is 5.74. The molecule has 1 unspecified atom stereocenters. The van der Waals surface area contributed by atoms with Crippen molar-refractivity contribution < 1.29 is 23.5 Å². The van der Waals surface area contributed by atoms with Crippen LogP contribution >= 0.6 is 0 Å². The summed E-state index contributed by atoms with van der Waals surface area (Å²) in [4.78, 5) is 40.9. The summed E-state index contributed by atoms with van der Waals surface area (Å²) in [6.45, 7) is 7.80. The van der Waals surface area contributed by atoms with E-state index in [0.29, 0.717) is 40.4 Å². The summed E-state index contributed by atoms with van der Waals surface area (Å²) in [5.41, 5.74) is 2.50. The maximum absolute atomic E-state index is 13.7. The second-order valence-electron chi connectivity index (χ2n) is 7.59. The molecule has 32 heavy (non-hydrogen) atoms. The molecule has 7 nitrogen and oxygen atoms in total. The molecule has 1 amide bonds. The molecule has 0 aliphatic heterocycles. The molecule has 2 aromatic heterocycles. The van der Waals surface area contributed by atoms with Crippen LogP contribution in [0, 0.1) is 13.8 Å². The van der Waals surface area contributed by atoms with E-state index in [1.165, 1.54) is 18.3 Å². The fourth-order valence-corrected chi connectivity index (χ4v) is 4.07. The molecule has 0 bridgehead atoms. The van der Waals surface area contributed by atoms with Crippen LogP contribution in [0.25, 0.3) is 0 Å². The molecule has 2 heterocycles. The number of rotatable bonds is 8. The Morgan fingerprint density at radius 2 is 1.78 bits per heavy atom. The predicted molar refractivity (Wildman–Crippen MR) is 120 cm³/mol. The van der Waals surface area contributed by atoms with Crippen molar-refractivity contribution in [3.05, 3.63) is 82.6 Å². The summed E-state index contributed by atoms with van der Waals surface area (Å²) in [5, 5.41) is 0. The zero-order valence-corrected chi connectivity index (χ0v) is 19.0. The molecule has 0 spiro atoms. The van der Waals surface area contributed by atoms with E-state index in [1.807, 2.05) is 13.0 Å². The summed E-state index contributed by atoms with van der Waals surface area (Å²) in [6.07, 6.45) is 1.53. The van der Waals surface area contributed by atoms with E-state index < -0.39 is 12.0 Å². The normalized spacial score (nSPS) is 11.8. The van der Waals surface area contributed by atoms with E-state index in [1.54, 1.807) is 61.7 Å². The topological polar surface area (TPSA) is 81.8 Å². The van der Waals surface area contributed by atoms with Crippen molar-refractivity contribution in [3.8, 4) is 0 Å². The van der Waals surface area contributed by atoms with Crippen LogP contribution in [0.1, 0.15) is 62.1 Å². The van der Waals surface area contributed by atoms with E-state index in [-0.39, 0.29) is 18.2 Å². The average Bonchev–Trinajstić information content (AvgIpc) is 3.41. The van der Waals surface area contributed by atoms with Gasteiger partial charge in [0.1, 0.15) is 11.5 Å². The third-order valence-corrected chi connectivity index (χ3v) is 5.74. The van der Waals surface area contributed by atoms with Crippen molar-refractivity contribution in [2.75, 3.05) is 7.11 Å². The van der Waals surface area contributed by atoms with Crippen molar-refractivity contribution in [1.82, 2.24) is 9.47 Å². The standard InChI is InChI=1S/C25H28N2O5/c1-6-26-17(3)21(16(2)22(26)25(30)31-5)23(28)18(4)27(15-20-13-10-14-32-20)24(29)19-11-8-7-9-12-19/h7-14,18H,6,15H2,1-5H3. The van der Waals surface area contributed by atoms with Gasteiger partial charge in [-0.1, -0.05) is 18.2 Å². The first-order valence-electron chi connectivity index (χ1n) is 10.5. The number of ketones is 1. The lowest BCUT2D eigenvalue weighted by Crippen LogP contribution is -2.43. The molecule has 0 aliphatic carbocycles. The average molecular weight is 437 g/mol. The quantitative estimate of drug-likeness (QED) is 0.386. The first kappa shape index (κ1) is 23.1. The highest BCUT2D eigenvalue weighted by Crippen LogP contribution is 2.26. The summed E-state index contributed by atoms with van der Waals surface area (Å²) in [7, 11) is 1.32. The second-order valence-corrected chi connectivity index (χ2v) is 7.59. The van der Waals surface area contributed by atoms with Crippen molar-refractivity contribution in [2.24, 2.45) is 0 Å². The molecule has 3 aromatic rings. The number of Topliss-reactive ketones (excluding diaryl/α,β-unsaturated/α-hetero) is 1. The molecule has 0 aliphatic rings. The van der Waals surface area contributed by atoms with Crippen LogP contribution in [0.5, 0.6) is 0 Å². The molecule has 168 valence electrons. The number of esters is 1. The molecule has 1 aromatic carbocycles. The Kier molecular flexibility index (Phi) is 6.98. The van der Waals surface area contributed by atoms with Crippen LogP contribution in [-0.4, -0.2) is 40.3 Å². The van der Waals surface area contributed by atoms with Gasteiger partial charge >= 0.3 is 5.97 Å². The zero-order chi connectivity index (χ0) is 23.4. The second kappa shape index (κ2) is 9.68. The first-order chi connectivity index (χ1) is 15.3. The molecule has 0 N–H and O–H groups in total. The van der Waals surface area contributed by atoms with Gasteiger partial charge in [0.2, 0.25) is 0 Å². The lowest BCUT2D eigenvalue weighted by atomic mass is 9.99. The largest absolute Gasteiger partial charge is 0.467 e. The summed E-state index contributed by atoms with van der Waals surface area (Å²) in [5.74, 6) is -0.440. The molecule has 0 fully saturated rings. The van der Waals surface area contributed by atoms with Crippen molar-refractivity contribution >= 4 is 17.7 Å². The minimum Gasteiger partial charge on any atom is -0.467 e. The molecule has 7 heteroatoms. The number of aromatic nitrogens is 1. The number of methoxy groups -OCH3 is 1. The van der Waals surface area contributed by atoms with Gasteiger partial charge in [0.25, 0.3) is 5.91 Å². The van der Waals surface area contributed by atoms with Crippen LogP contribution < -0.4 is 0 Å². The number of furan rings is 1. The van der Waals surface area contributed by atoms with Crippen LogP contribution in [0.15, 0.2) is 53.1 Å². The van der Waals surface area contributed by atoms with Gasteiger partial charge in [-0.15, -0.1) is 0 Å². The maximum atomic E-state index is 13.7. The van der Waals surface area contributed by atoms with Gasteiger partial charge in [0, 0.05) is 23.4 Å². The minimum atomic E-state index is -0.789. The van der Waals surface area contributed by atoms with Crippen LogP contribution in [-0.2, 0) is 17.8 Å². The van der Waals surface area contributed by atoms with Gasteiger partial charge in [-0.2, -0.15) is 0 Å². The van der Waals surface area contributed by atoms with E-state index in [9.17, 15) is 14.4 Å². The van der Waals surface area contributed by atoms with Crippen molar-refractivity contribution in [3.63, 3.8) is 0 Å². The fourth-order valence-electron chi connectivity index (χ4n) is 4.07. The zero-order valence-electron chi connectivity index (χ0n) is 19.0. The minimum absolute atomic E-state index is 0.143. The number of benzene rings is 1. The van der Waals surface area contributed by atoms with E-state index in [0.717, 1.165) is 0 Å². The summed E-state index contributed by atoms with van der Waals surface area (Å²) < 4.78 is 12.2. The Bertz CT molecular complexity index is 1110. The van der Waals surface area contributed by atoms with E-state index >= 15 is 0 Å². The Morgan fingerprint density at radius 1 is 1.09 bits per heavy atom. The van der Waals surface area contributed by atoms with E-state index in [4.69, 9.17) is 9.15 Å². The number of carbonyl (C=O) groups excluding carboxylic acids is 3. The van der Waals surface area contributed by atoms with Crippen LogP contribution in [0.3, 0.4) is 0 Å². The fraction of sp³-hybridized carbons (Fsp3) is 0.320. The molecular formula is C25H28N2O5. The van der Waals surface area contributed by atoms with Gasteiger partial charge < -0.3 is 18.6 Å². The number of nitrogens with zero attached hydrogens (tertiary/aromatic N) is 2. The maximum Gasteiger partial charge on any atom is 0.354 e. The predicted octanol–water partition coefficient (Wildman–Crippen LogP) is 4.42. The van der Waals surface area contributed by atoms with Crippen molar-refractivity contribution in [1.29, 1.82) is 0 Å². The van der Waals surface area contributed by atoms with Crippen LogP contribution in [0.2, 0.25) is 0 Å². The molecule has 0 saturated carbocycles. The van der Waals surface area contributed by atoms with Crippen molar-refractivity contribution in [2.45, 2.75) is 46.8 Å². The van der Waals surface area contributed by atoms with Gasteiger partial charge in [0.05, 0.1) is 26.0 Å². The van der Waals surface area contributed by atoms with Gasteiger partial charge in [-0.3, -0.25) is 9.59 Å². The number of ether oxygens (including phenoxy) is 1. The monoisotopic (exact) mass is 436 g/mol. The Labute approximate surface area is 187 Å². The number of carbonyl (C=O) groups is 3. The molecule has 3 rings (SSSR count). The first-order valence-corrected chi connectivity index (χ1v) is 10.5. The smallest absolute Gasteiger partial charge is 0.354 e. The molecule has 0 saturated heterocycles. The van der Waals surface area contributed by atoms with Crippen LogP contribution in [0.4, 0.5) is 0 Å². The van der Waals surface area contributed by atoms with Gasteiger partial charge in [-0.05, 0) is 57.5 Å². The van der Waals surface area contributed by atoms with Gasteiger partial charge in [-0.25, -0.2) is 4.79 Å². The van der Waals surface area contributed by atoms with Gasteiger partial charge in [0.15, 0.2) is 5.78 Å². The Balaban J connectivity index is 2.04.